The smallest absolute Gasteiger partial charge is 0.270 e. The number of methoxy groups -OCH3 is 3. The lowest BCUT2D eigenvalue weighted by Crippen LogP contribution is -2.55. The van der Waals surface area contributed by atoms with Gasteiger partial charge in [-0.3, -0.25) is 24.0 Å². The first-order valence-corrected chi connectivity index (χ1v) is 13.1. The third-order valence-corrected chi connectivity index (χ3v) is 5.68. The fourth-order valence-corrected chi connectivity index (χ4v) is 3.64. The number of carbonyl (C=O) groups excluding carboxylic acids is 4. The van der Waals surface area contributed by atoms with Crippen LogP contribution in [0, 0.1) is 0 Å². The number of hydrogen-bond donors (Lipinski definition) is 4. The molecular weight excluding hydrogens is 532 g/mol. The van der Waals surface area contributed by atoms with Gasteiger partial charge >= 0.3 is 0 Å². The van der Waals surface area contributed by atoms with Crippen LogP contribution in [0.25, 0.3) is 0 Å². The molecular formula is C29H40N4O8. The van der Waals surface area contributed by atoms with Gasteiger partial charge in [0.05, 0.1) is 26.2 Å². The molecule has 0 saturated heterocycles. The third kappa shape index (κ3) is 11.5. The molecule has 2 aromatic carbocycles. The zero-order valence-electron chi connectivity index (χ0n) is 24.4. The fourth-order valence-electron chi connectivity index (χ4n) is 3.64. The van der Waals surface area contributed by atoms with Gasteiger partial charge in [-0.25, -0.2) is 5.48 Å². The van der Waals surface area contributed by atoms with Gasteiger partial charge in [0, 0.05) is 25.6 Å². The Kier molecular flexibility index (Phi) is 13.0. The lowest BCUT2D eigenvalue weighted by Gasteiger charge is -2.23. The summed E-state index contributed by atoms with van der Waals surface area (Å²) >= 11 is 0. The maximum absolute atomic E-state index is 13.2. The predicted octanol–water partition coefficient (Wildman–Crippen LogP) is 1.76. The van der Waals surface area contributed by atoms with E-state index in [0.717, 1.165) is 5.56 Å². The lowest BCUT2D eigenvalue weighted by atomic mass is 10.1. The second kappa shape index (κ2) is 16.2. The van der Waals surface area contributed by atoms with Gasteiger partial charge in [-0.1, -0.05) is 42.5 Å². The van der Waals surface area contributed by atoms with E-state index in [1.165, 1.54) is 21.3 Å². The zero-order valence-corrected chi connectivity index (χ0v) is 24.4. The first-order valence-electron chi connectivity index (χ1n) is 13.1. The average molecular weight is 573 g/mol. The summed E-state index contributed by atoms with van der Waals surface area (Å²) in [6.45, 7) is 5.28. The minimum Gasteiger partial charge on any atom is -0.493 e. The van der Waals surface area contributed by atoms with Gasteiger partial charge in [0.25, 0.3) is 5.91 Å². The highest BCUT2D eigenvalue weighted by Crippen LogP contribution is 2.30. The number of rotatable bonds is 15. The van der Waals surface area contributed by atoms with Crippen molar-refractivity contribution in [3.8, 4) is 11.5 Å². The summed E-state index contributed by atoms with van der Waals surface area (Å²) in [6.07, 6.45) is -1.31. The second-order valence-electron chi connectivity index (χ2n) is 10.0. The highest BCUT2D eigenvalue weighted by molar-refractivity contribution is 5.94. The molecule has 2 rings (SSSR count). The first kappa shape index (κ1) is 33.0. The number of ether oxygens (including phenoxy) is 3. The average Bonchev–Trinajstić information content (AvgIpc) is 2.95. The summed E-state index contributed by atoms with van der Waals surface area (Å²) in [5, 5.41) is 7.71. The van der Waals surface area contributed by atoms with E-state index in [9.17, 15) is 19.2 Å². The van der Waals surface area contributed by atoms with Crippen molar-refractivity contribution in [2.24, 2.45) is 0 Å². The normalized spacial score (nSPS) is 12.4. The molecule has 12 nitrogen and oxygen atoms in total. The van der Waals surface area contributed by atoms with Crippen molar-refractivity contribution in [1.82, 2.24) is 21.4 Å². The fraction of sp³-hybridized carbons (Fsp3) is 0.448. The highest BCUT2D eigenvalue weighted by atomic mass is 16.7. The van der Waals surface area contributed by atoms with E-state index in [1.54, 1.807) is 39.0 Å². The molecule has 0 bridgehead atoms. The van der Waals surface area contributed by atoms with Crippen LogP contribution in [0.5, 0.6) is 11.5 Å². The molecule has 0 aromatic heterocycles. The maximum Gasteiger partial charge on any atom is 0.270 e. The minimum atomic E-state index is -1.41. The monoisotopic (exact) mass is 572 g/mol. The number of hydrogen-bond acceptors (Lipinski definition) is 8. The highest BCUT2D eigenvalue weighted by Gasteiger charge is 2.29. The molecule has 2 unspecified atom stereocenters. The number of aryl methyl sites for hydroxylation is 1. The van der Waals surface area contributed by atoms with Crippen molar-refractivity contribution in [2.45, 2.75) is 64.4 Å². The van der Waals surface area contributed by atoms with Crippen LogP contribution in [0.4, 0.5) is 0 Å². The first-order chi connectivity index (χ1) is 19.5. The second-order valence-corrected chi connectivity index (χ2v) is 10.0. The molecule has 2 aromatic rings. The SMILES string of the molecule is COc1cccc(CNC(=O)C(NC(=O)C(CC(=O)NOC(C)(C)C)NC(=O)CCc2ccccc2)OC)c1OC. The Labute approximate surface area is 240 Å². The Hall–Kier alpha value is -4.16. The Morgan fingerprint density at radius 3 is 2.15 bits per heavy atom. The molecule has 224 valence electrons. The Bertz CT molecular complexity index is 1170. The van der Waals surface area contributed by atoms with Gasteiger partial charge in [-0.05, 0) is 38.8 Å². The van der Waals surface area contributed by atoms with Crippen molar-refractivity contribution in [3.63, 3.8) is 0 Å². The van der Waals surface area contributed by atoms with Crippen LogP contribution in [0.3, 0.4) is 0 Å². The van der Waals surface area contributed by atoms with Gasteiger partial charge in [-0.15, -0.1) is 0 Å². The summed E-state index contributed by atoms with van der Waals surface area (Å²) in [4.78, 5) is 56.6. The molecule has 41 heavy (non-hydrogen) atoms. The Morgan fingerprint density at radius 1 is 0.829 bits per heavy atom. The number of hydroxylamine groups is 1. The van der Waals surface area contributed by atoms with E-state index in [4.69, 9.17) is 19.0 Å². The molecule has 4 N–H and O–H groups in total. The van der Waals surface area contributed by atoms with Crippen molar-refractivity contribution < 1.29 is 38.2 Å². The number of nitrogens with one attached hydrogen (secondary N) is 4. The summed E-state index contributed by atoms with van der Waals surface area (Å²) < 4.78 is 15.8. The quantitative estimate of drug-likeness (QED) is 0.186. The largest absolute Gasteiger partial charge is 0.493 e. The number of amides is 4. The molecule has 0 heterocycles. The molecule has 2 atom stereocenters. The van der Waals surface area contributed by atoms with Gasteiger partial charge in [0.2, 0.25) is 23.9 Å². The van der Waals surface area contributed by atoms with Crippen LogP contribution >= 0.6 is 0 Å². The summed E-state index contributed by atoms with van der Waals surface area (Å²) in [5.74, 6) is -1.56. The third-order valence-electron chi connectivity index (χ3n) is 5.68. The van der Waals surface area contributed by atoms with E-state index in [2.05, 4.69) is 21.4 Å². The molecule has 0 aliphatic carbocycles. The summed E-state index contributed by atoms with van der Waals surface area (Å²) in [7, 11) is 4.23. The molecule has 0 aliphatic rings. The van der Waals surface area contributed by atoms with Crippen molar-refractivity contribution >= 4 is 23.6 Å². The van der Waals surface area contributed by atoms with Crippen LogP contribution in [0.2, 0.25) is 0 Å². The molecule has 0 radical (unpaired) electrons. The van der Waals surface area contributed by atoms with E-state index in [1.807, 2.05) is 30.3 Å². The number of para-hydroxylation sites is 1. The molecule has 4 amide bonds. The Balaban J connectivity index is 2.07. The van der Waals surface area contributed by atoms with E-state index in [0.29, 0.717) is 23.5 Å². The van der Waals surface area contributed by atoms with Crippen molar-refractivity contribution in [2.75, 3.05) is 21.3 Å². The van der Waals surface area contributed by atoms with Crippen LogP contribution in [-0.2, 0) is 41.7 Å². The molecule has 0 saturated carbocycles. The van der Waals surface area contributed by atoms with Gasteiger partial charge in [-0.2, -0.15) is 0 Å². The molecule has 0 fully saturated rings. The Morgan fingerprint density at radius 2 is 1.54 bits per heavy atom. The lowest BCUT2D eigenvalue weighted by molar-refractivity contribution is -0.148. The number of benzene rings is 2. The van der Waals surface area contributed by atoms with Crippen LogP contribution in [0.1, 0.15) is 44.7 Å². The summed E-state index contributed by atoms with van der Waals surface area (Å²) in [6, 6.07) is 13.3. The van der Waals surface area contributed by atoms with E-state index in [-0.39, 0.29) is 13.0 Å². The van der Waals surface area contributed by atoms with Crippen LogP contribution in [-0.4, -0.2) is 62.8 Å². The van der Waals surface area contributed by atoms with Gasteiger partial charge in [0.1, 0.15) is 6.04 Å². The van der Waals surface area contributed by atoms with Crippen molar-refractivity contribution in [3.05, 3.63) is 59.7 Å². The predicted molar refractivity (Wildman–Crippen MR) is 151 cm³/mol. The standard InChI is InChI=1S/C29H40N4O8/c1-29(2,3)41-33-24(35)17-21(31-23(34)16-15-19-11-8-7-9-12-19)26(36)32-28(40-6)27(37)30-18-20-13-10-14-22(38-4)25(20)39-5/h7-14,21,28H,15-18H2,1-6H3,(H,30,37)(H,31,34)(H,32,36)(H,33,35). The van der Waals surface area contributed by atoms with Gasteiger partial charge < -0.3 is 30.2 Å². The molecule has 0 aliphatic heterocycles. The topological polar surface area (TPSA) is 153 Å². The maximum atomic E-state index is 13.2. The molecule has 12 heteroatoms. The number of carbonyl (C=O) groups is 4. The summed E-state index contributed by atoms with van der Waals surface area (Å²) in [5.41, 5.74) is 3.20. The van der Waals surface area contributed by atoms with Crippen LogP contribution in [0.15, 0.2) is 48.5 Å². The van der Waals surface area contributed by atoms with Crippen LogP contribution < -0.4 is 30.9 Å². The molecule has 0 spiro atoms. The van der Waals surface area contributed by atoms with E-state index < -0.39 is 47.9 Å². The minimum absolute atomic E-state index is 0.0567. The van der Waals surface area contributed by atoms with E-state index >= 15 is 0 Å². The zero-order chi connectivity index (χ0) is 30.4. The van der Waals surface area contributed by atoms with Gasteiger partial charge in [0.15, 0.2) is 11.5 Å². The van der Waals surface area contributed by atoms with Crippen molar-refractivity contribution in [1.29, 1.82) is 0 Å².